The van der Waals surface area contributed by atoms with Gasteiger partial charge in [0, 0.05) is 17.8 Å². The highest BCUT2D eigenvalue weighted by atomic mass is 35.5. The first kappa shape index (κ1) is 20.2. The maximum Gasteiger partial charge on any atom is 0.234 e. The third-order valence-corrected chi connectivity index (χ3v) is 5.50. The van der Waals surface area contributed by atoms with E-state index < -0.39 is 0 Å². The molecule has 0 spiro atoms. The van der Waals surface area contributed by atoms with Gasteiger partial charge in [0.05, 0.1) is 18.4 Å². The van der Waals surface area contributed by atoms with E-state index in [0.29, 0.717) is 21.8 Å². The maximum absolute atomic E-state index is 12.4. The summed E-state index contributed by atoms with van der Waals surface area (Å²) >= 11 is 7.44. The molecule has 3 rings (SSSR count). The number of methoxy groups -OCH3 is 1. The summed E-state index contributed by atoms with van der Waals surface area (Å²) < 4.78 is 7.22. The number of aromatic nitrogens is 3. The van der Waals surface area contributed by atoms with Crippen LogP contribution in [0.2, 0.25) is 5.02 Å². The predicted molar refractivity (Wildman–Crippen MR) is 113 cm³/mol. The van der Waals surface area contributed by atoms with Crippen LogP contribution in [0.1, 0.15) is 12.5 Å². The Labute approximate surface area is 173 Å². The molecule has 0 aliphatic carbocycles. The van der Waals surface area contributed by atoms with Crippen LogP contribution in [0.3, 0.4) is 0 Å². The second kappa shape index (κ2) is 9.12. The average Bonchev–Trinajstić information content (AvgIpc) is 3.07. The summed E-state index contributed by atoms with van der Waals surface area (Å²) in [5.41, 5.74) is 2.70. The number of rotatable bonds is 7. The molecule has 3 aromatic rings. The first-order chi connectivity index (χ1) is 13.5. The molecule has 0 unspecified atom stereocenters. The summed E-state index contributed by atoms with van der Waals surface area (Å²) in [7, 11) is 3.44. The number of halogens is 1. The van der Waals surface area contributed by atoms with Crippen LogP contribution in [0.15, 0.2) is 47.6 Å². The molecular formula is C20H21ClN4O2S. The van der Waals surface area contributed by atoms with Gasteiger partial charge in [0.25, 0.3) is 0 Å². The molecule has 28 heavy (non-hydrogen) atoms. The summed E-state index contributed by atoms with van der Waals surface area (Å²) in [6.45, 7) is 2.06. The number of nitrogens with zero attached hydrogens (tertiary/aromatic N) is 3. The molecule has 0 aliphatic rings. The van der Waals surface area contributed by atoms with Gasteiger partial charge in [-0.1, -0.05) is 48.5 Å². The van der Waals surface area contributed by atoms with Gasteiger partial charge in [-0.25, -0.2) is 0 Å². The fourth-order valence-electron chi connectivity index (χ4n) is 2.80. The summed E-state index contributed by atoms with van der Waals surface area (Å²) in [4.78, 5) is 12.4. The molecule has 146 valence electrons. The van der Waals surface area contributed by atoms with Gasteiger partial charge in [0.2, 0.25) is 5.91 Å². The van der Waals surface area contributed by atoms with Crippen molar-refractivity contribution in [3.8, 4) is 17.1 Å². The minimum Gasteiger partial charge on any atom is -0.496 e. The second-order valence-electron chi connectivity index (χ2n) is 6.06. The molecule has 0 bridgehead atoms. The van der Waals surface area contributed by atoms with Crippen molar-refractivity contribution < 1.29 is 9.53 Å². The molecule has 1 heterocycles. The summed E-state index contributed by atoms with van der Waals surface area (Å²) in [5.74, 6) is 1.43. The van der Waals surface area contributed by atoms with Crippen LogP contribution in [0.5, 0.6) is 5.75 Å². The van der Waals surface area contributed by atoms with E-state index >= 15 is 0 Å². The molecule has 0 saturated carbocycles. The van der Waals surface area contributed by atoms with Gasteiger partial charge >= 0.3 is 0 Å². The number of benzene rings is 2. The van der Waals surface area contributed by atoms with Crippen LogP contribution >= 0.6 is 23.4 Å². The summed E-state index contributed by atoms with van der Waals surface area (Å²) in [6, 6.07) is 13.1. The zero-order valence-electron chi connectivity index (χ0n) is 15.9. The molecule has 0 atom stereocenters. The van der Waals surface area contributed by atoms with E-state index in [2.05, 4.69) is 22.4 Å². The van der Waals surface area contributed by atoms with Crippen molar-refractivity contribution in [2.45, 2.75) is 18.5 Å². The predicted octanol–water partition coefficient (Wildman–Crippen LogP) is 4.44. The van der Waals surface area contributed by atoms with Crippen LogP contribution in [0.4, 0.5) is 5.69 Å². The smallest absolute Gasteiger partial charge is 0.234 e. The monoisotopic (exact) mass is 416 g/mol. The maximum atomic E-state index is 12.4. The molecule has 0 aliphatic heterocycles. The molecule has 0 radical (unpaired) electrons. The zero-order valence-corrected chi connectivity index (χ0v) is 17.5. The van der Waals surface area contributed by atoms with Crippen LogP contribution < -0.4 is 10.1 Å². The van der Waals surface area contributed by atoms with Crippen molar-refractivity contribution in [2.75, 3.05) is 18.2 Å². The Morgan fingerprint density at radius 3 is 2.79 bits per heavy atom. The largest absolute Gasteiger partial charge is 0.496 e. The molecule has 6 nitrogen and oxygen atoms in total. The number of para-hydroxylation sites is 1. The van der Waals surface area contributed by atoms with Gasteiger partial charge in [-0.05, 0) is 36.2 Å². The van der Waals surface area contributed by atoms with Gasteiger partial charge in [0.1, 0.15) is 5.75 Å². The van der Waals surface area contributed by atoms with Crippen molar-refractivity contribution in [3.63, 3.8) is 0 Å². The lowest BCUT2D eigenvalue weighted by Gasteiger charge is -2.10. The highest BCUT2D eigenvalue weighted by Gasteiger charge is 2.17. The lowest BCUT2D eigenvalue weighted by molar-refractivity contribution is -0.113. The number of nitrogens with one attached hydrogen (secondary N) is 1. The molecular weight excluding hydrogens is 396 g/mol. The molecule has 1 amide bonds. The van der Waals surface area contributed by atoms with Gasteiger partial charge in [-0.2, -0.15) is 0 Å². The Kier molecular flexibility index (Phi) is 6.59. The Morgan fingerprint density at radius 2 is 2.04 bits per heavy atom. The Hall–Kier alpha value is -2.51. The number of hydrogen-bond acceptors (Lipinski definition) is 5. The number of amides is 1. The van der Waals surface area contributed by atoms with E-state index in [1.807, 2.05) is 35.9 Å². The quantitative estimate of drug-likeness (QED) is 0.577. The zero-order chi connectivity index (χ0) is 20.1. The van der Waals surface area contributed by atoms with Crippen molar-refractivity contribution in [1.29, 1.82) is 0 Å². The molecule has 1 N–H and O–H groups in total. The van der Waals surface area contributed by atoms with E-state index in [1.165, 1.54) is 11.8 Å². The first-order valence-electron chi connectivity index (χ1n) is 8.77. The van der Waals surface area contributed by atoms with Crippen molar-refractivity contribution in [3.05, 3.63) is 53.1 Å². The Balaban J connectivity index is 1.71. The van der Waals surface area contributed by atoms with Gasteiger partial charge in [0.15, 0.2) is 11.0 Å². The fourth-order valence-corrected chi connectivity index (χ4v) is 3.68. The summed E-state index contributed by atoms with van der Waals surface area (Å²) in [6.07, 6.45) is 0.859. The third kappa shape index (κ3) is 4.48. The SMILES string of the molecule is CCc1ccccc1NC(=O)CSc1nnc(-c2cc(Cl)ccc2OC)n1C. The molecule has 0 fully saturated rings. The number of ether oxygens (including phenoxy) is 1. The van der Waals surface area contributed by atoms with Crippen LogP contribution in [-0.4, -0.2) is 33.5 Å². The number of hydrogen-bond donors (Lipinski definition) is 1. The lowest BCUT2D eigenvalue weighted by atomic mass is 10.1. The Morgan fingerprint density at radius 1 is 1.25 bits per heavy atom. The topological polar surface area (TPSA) is 69.0 Å². The highest BCUT2D eigenvalue weighted by molar-refractivity contribution is 7.99. The first-order valence-corrected chi connectivity index (χ1v) is 10.1. The van der Waals surface area contributed by atoms with Crippen molar-refractivity contribution in [1.82, 2.24) is 14.8 Å². The second-order valence-corrected chi connectivity index (χ2v) is 7.44. The standard InChI is InChI=1S/C20H21ClN4O2S/c1-4-13-7-5-6-8-16(13)22-18(26)12-28-20-24-23-19(25(20)2)15-11-14(21)9-10-17(15)27-3/h5-11H,4,12H2,1-3H3,(H,22,26). The molecule has 2 aromatic carbocycles. The minimum atomic E-state index is -0.0872. The van der Waals surface area contributed by atoms with Crippen LogP contribution in [0, 0.1) is 0 Å². The van der Waals surface area contributed by atoms with E-state index in [1.54, 1.807) is 25.3 Å². The van der Waals surface area contributed by atoms with E-state index in [4.69, 9.17) is 16.3 Å². The Bertz CT molecular complexity index is 990. The highest BCUT2D eigenvalue weighted by Crippen LogP contribution is 2.32. The van der Waals surface area contributed by atoms with E-state index in [9.17, 15) is 4.79 Å². The number of carbonyl (C=O) groups excluding carboxylic acids is 1. The fraction of sp³-hybridized carbons (Fsp3) is 0.250. The molecule has 8 heteroatoms. The van der Waals surface area contributed by atoms with E-state index in [-0.39, 0.29) is 11.7 Å². The van der Waals surface area contributed by atoms with Crippen LogP contribution in [-0.2, 0) is 18.3 Å². The van der Waals surface area contributed by atoms with Gasteiger partial charge in [-0.3, -0.25) is 4.79 Å². The summed E-state index contributed by atoms with van der Waals surface area (Å²) in [5, 5.41) is 12.6. The third-order valence-electron chi connectivity index (χ3n) is 4.24. The number of anilines is 1. The number of thioether (sulfide) groups is 1. The molecule has 1 aromatic heterocycles. The van der Waals surface area contributed by atoms with E-state index in [0.717, 1.165) is 23.2 Å². The van der Waals surface area contributed by atoms with Crippen molar-refractivity contribution in [2.24, 2.45) is 7.05 Å². The minimum absolute atomic E-state index is 0.0872. The van der Waals surface area contributed by atoms with Gasteiger partial charge in [-0.15, -0.1) is 10.2 Å². The average molecular weight is 417 g/mol. The lowest BCUT2D eigenvalue weighted by Crippen LogP contribution is -2.15. The van der Waals surface area contributed by atoms with Gasteiger partial charge < -0.3 is 14.6 Å². The number of carbonyl (C=O) groups is 1. The number of aryl methyl sites for hydroxylation is 1. The van der Waals surface area contributed by atoms with Crippen LogP contribution in [0.25, 0.3) is 11.4 Å². The molecule has 0 saturated heterocycles. The normalized spacial score (nSPS) is 10.7. The van der Waals surface area contributed by atoms with Crippen molar-refractivity contribution >= 4 is 35.0 Å².